The SMILES string of the molecule is COc1c(C(=O)Nc2cc(C(=O)Nc3ccc(CN4CCN(C)CC4)c(C(F)(F)F)c3)ccc2C)cnc2[nH]ccc12. The van der Waals surface area contributed by atoms with Crippen LogP contribution in [0, 0.1) is 6.92 Å². The molecule has 42 heavy (non-hydrogen) atoms. The van der Waals surface area contributed by atoms with Crippen LogP contribution >= 0.6 is 0 Å². The fourth-order valence-electron chi connectivity index (χ4n) is 4.96. The Balaban J connectivity index is 1.33. The number of benzene rings is 2. The van der Waals surface area contributed by atoms with Gasteiger partial charge in [0.05, 0.1) is 18.1 Å². The van der Waals surface area contributed by atoms with Gasteiger partial charge in [0.2, 0.25) is 0 Å². The average Bonchev–Trinajstić information content (AvgIpc) is 3.44. The first-order chi connectivity index (χ1) is 20.0. The first-order valence-electron chi connectivity index (χ1n) is 13.4. The van der Waals surface area contributed by atoms with Gasteiger partial charge in [-0.3, -0.25) is 14.5 Å². The van der Waals surface area contributed by atoms with Crippen LogP contribution in [0.15, 0.2) is 54.9 Å². The number of ether oxygens (including phenoxy) is 1. The molecule has 220 valence electrons. The molecule has 0 radical (unpaired) electrons. The third-order valence-electron chi connectivity index (χ3n) is 7.40. The minimum absolute atomic E-state index is 0.0243. The quantitative estimate of drug-likeness (QED) is 0.280. The predicted octanol–water partition coefficient (Wildman–Crippen LogP) is 5.15. The van der Waals surface area contributed by atoms with Crippen LogP contribution in [0.1, 0.15) is 37.4 Å². The molecular formula is C30H31F3N6O3. The summed E-state index contributed by atoms with van der Waals surface area (Å²) >= 11 is 0. The summed E-state index contributed by atoms with van der Waals surface area (Å²) in [4.78, 5) is 37.6. The van der Waals surface area contributed by atoms with E-state index < -0.39 is 23.6 Å². The number of aryl methyl sites for hydroxylation is 1. The minimum Gasteiger partial charge on any atom is -0.495 e. The van der Waals surface area contributed by atoms with Crippen molar-refractivity contribution in [2.75, 3.05) is 51.0 Å². The van der Waals surface area contributed by atoms with Gasteiger partial charge in [0, 0.05) is 62.1 Å². The van der Waals surface area contributed by atoms with Crippen molar-refractivity contribution in [3.8, 4) is 5.75 Å². The maximum atomic E-state index is 14.0. The van der Waals surface area contributed by atoms with Gasteiger partial charge in [-0.25, -0.2) is 4.98 Å². The van der Waals surface area contributed by atoms with Crippen molar-refractivity contribution in [1.29, 1.82) is 0 Å². The van der Waals surface area contributed by atoms with E-state index >= 15 is 0 Å². The molecule has 4 aromatic rings. The first kappa shape index (κ1) is 29.1. The number of alkyl halides is 3. The summed E-state index contributed by atoms with van der Waals surface area (Å²) in [6.07, 6.45) is -1.50. The monoisotopic (exact) mass is 580 g/mol. The van der Waals surface area contributed by atoms with E-state index in [-0.39, 0.29) is 28.9 Å². The van der Waals surface area contributed by atoms with Gasteiger partial charge in [-0.1, -0.05) is 12.1 Å². The lowest BCUT2D eigenvalue weighted by Gasteiger charge is -2.33. The Kier molecular flexibility index (Phi) is 8.19. The highest BCUT2D eigenvalue weighted by Crippen LogP contribution is 2.35. The van der Waals surface area contributed by atoms with Gasteiger partial charge in [-0.2, -0.15) is 13.2 Å². The maximum absolute atomic E-state index is 14.0. The lowest BCUT2D eigenvalue weighted by molar-refractivity contribution is -0.138. The van der Waals surface area contributed by atoms with Gasteiger partial charge in [0.1, 0.15) is 17.0 Å². The van der Waals surface area contributed by atoms with Crippen LogP contribution in [-0.4, -0.2) is 71.9 Å². The Hall–Kier alpha value is -4.42. The fourth-order valence-corrected chi connectivity index (χ4v) is 4.96. The zero-order valence-electron chi connectivity index (χ0n) is 23.4. The van der Waals surface area contributed by atoms with Gasteiger partial charge < -0.3 is 25.3 Å². The van der Waals surface area contributed by atoms with E-state index in [0.717, 1.165) is 19.2 Å². The molecule has 3 N–H and O–H groups in total. The fraction of sp³-hybridized carbons (Fsp3) is 0.300. The molecular weight excluding hydrogens is 549 g/mol. The summed E-state index contributed by atoms with van der Waals surface area (Å²) in [5, 5.41) is 6.00. The van der Waals surface area contributed by atoms with Crippen LogP contribution in [0.4, 0.5) is 24.5 Å². The number of aromatic amines is 1. The summed E-state index contributed by atoms with van der Waals surface area (Å²) in [6.45, 7) is 4.89. The number of hydrogen-bond acceptors (Lipinski definition) is 6. The molecule has 5 rings (SSSR count). The van der Waals surface area contributed by atoms with Crippen LogP contribution in [0.5, 0.6) is 5.75 Å². The molecule has 2 aromatic carbocycles. The lowest BCUT2D eigenvalue weighted by atomic mass is 10.0. The van der Waals surface area contributed by atoms with Gasteiger partial charge in [0.25, 0.3) is 11.8 Å². The van der Waals surface area contributed by atoms with Crippen molar-refractivity contribution in [2.45, 2.75) is 19.6 Å². The molecule has 1 saturated heterocycles. The number of halogens is 3. The van der Waals surface area contributed by atoms with Crippen molar-refractivity contribution in [1.82, 2.24) is 19.8 Å². The molecule has 0 saturated carbocycles. The Morgan fingerprint density at radius 3 is 2.50 bits per heavy atom. The molecule has 0 atom stereocenters. The molecule has 0 unspecified atom stereocenters. The highest BCUT2D eigenvalue weighted by Gasteiger charge is 2.34. The van der Waals surface area contributed by atoms with E-state index in [4.69, 9.17) is 4.74 Å². The maximum Gasteiger partial charge on any atom is 0.416 e. The van der Waals surface area contributed by atoms with Crippen LogP contribution < -0.4 is 15.4 Å². The van der Waals surface area contributed by atoms with Crippen molar-refractivity contribution in [2.24, 2.45) is 0 Å². The largest absolute Gasteiger partial charge is 0.495 e. The summed E-state index contributed by atoms with van der Waals surface area (Å²) in [5.74, 6) is -0.755. The zero-order chi connectivity index (χ0) is 30.0. The third kappa shape index (κ3) is 6.24. The molecule has 0 spiro atoms. The van der Waals surface area contributed by atoms with Crippen LogP contribution in [-0.2, 0) is 12.7 Å². The number of amides is 2. The topological polar surface area (TPSA) is 103 Å². The highest BCUT2D eigenvalue weighted by atomic mass is 19.4. The number of nitrogens with one attached hydrogen (secondary N) is 3. The van der Waals surface area contributed by atoms with Gasteiger partial charge in [0.15, 0.2) is 0 Å². The summed E-state index contributed by atoms with van der Waals surface area (Å²) in [7, 11) is 3.44. The highest BCUT2D eigenvalue weighted by molar-refractivity contribution is 6.10. The number of piperazine rings is 1. The van der Waals surface area contributed by atoms with Gasteiger partial charge >= 0.3 is 6.18 Å². The van der Waals surface area contributed by atoms with Crippen LogP contribution in [0.25, 0.3) is 11.0 Å². The number of rotatable bonds is 7. The Morgan fingerprint density at radius 2 is 1.79 bits per heavy atom. The molecule has 1 fully saturated rings. The summed E-state index contributed by atoms with van der Waals surface area (Å²) < 4.78 is 47.4. The number of methoxy groups -OCH3 is 1. The number of anilines is 2. The molecule has 9 nitrogen and oxygen atoms in total. The number of carbonyl (C=O) groups is 2. The zero-order valence-corrected chi connectivity index (χ0v) is 23.4. The number of H-pyrrole nitrogens is 1. The lowest BCUT2D eigenvalue weighted by Crippen LogP contribution is -2.44. The van der Waals surface area contributed by atoms with Gasteiger partial charge in [-0.05, 0) is 55.4 Å². The molecule has 1 aliphatic heterocycles. The second-order valence-electron chi connectivity index (χ2n) is 10.3. The van der Waals surface area contributed by atoms with E-state index in [0.29, 0.717) is 41.1 Å². The van der Waals surface area contributed by atoms with Crippen molar-refractivity contribution in [3.05, 3.63) is 82.7 Å². The van der Waals surface area contributed by atoms with Gasteiger partial charge in [-0.15, -0.1) is 0 Å². The second-order valence-corrected chi connectivity index (χ2v) is 10.3. The number of fused-ring (bicyclic) bond motifs is 1. The van der Waals surface area contributed by atoms with Crippen LogP contribution in [0.3, 0.4) is 0 Å². The minimum atomic E-state index is -4.58. The normalized spacial score (nSPS) is 14.6. The Labute approximate surface area is 240 Å². The molecule has 12 heteroatoms. The molecule has 1 aliphatic rings. The molecule has 2 amide bonds. The average molecular weight is 581 g/mol. The van der Waals surface area contributed by atoms with E-state index in [1.807, 2.05) is 11.9 Å². The van der Waals surface area contributed by atoms with Crippen molar-refractivity contribution >= 4 is 34.2 Å². The Morgan fingerprint density at radius 1 is 1.02 bits per heavy atom. The summed E-state index contributed by atoms with van der Waals surface area (Å²) in [6, 6.07) is 10.3. The smallest absolute Gasteiger partial charge is 0.416 e. The van der Waals surface area contributed by atoms with E-state index in [1.165, 1.54) is 31.5 Å². The number of hydrogen-bond donors (Lipinski definition) is 3. The van der Waals surface area contributed by atoms with E-state index in [1.54, 1.807) is 31.3 Å². The van der Waals surface area contributed by atoms with E-state index in [2.05, 4.69) is 25.5 Å². The number of likely N-dealkylation sites (N-methyl/N-ethyl adjacent to an activating group) is 1. The molecule has 3 heterocycles. The molecule has 0 bridgehead atoms. The predicted molar refractivity (Wildman–Crippen MR) is 154 cm³/mol. The van der Waals surface area contributed by atoms with Crippen molar-refractivity contribution < 1.29 is 27.5 Å². The number of aromatic nitrogens is 2. The van der Waals surface area contributed by atoms with E-state index in [9.17, 15) is 22.8 Å². The first-order valence-corrected chi connectivity index (χ1v) is 13.4. The Bertz CT molecular complexity index is 1630. The number of pyridine rings is 1. The summed E-state index contributed by atoms with van der Waals surface area (Å²) in [5.41, 5.74) is 1.39. The second kappa shape index (κ2) is 11.8. The van der Waals surface area contributed by atoms with Crippen molar-refractivity contribution in [3.63, 3.8) is 0 Å². The third-order valence-corrected chi connectivity index (χ3v) is 7.40. The number of nitrogens with zero attached hydrogens (tertiary/aromatic N) is 3. The van der Waals surface area contributed by atoms with Crippen LogP contribution in [0.2, 0.25) is 0 Å². The molecule has 2 aromatic heterocycles. The standard InChI is InChI=1S/C30H31F3N6O3/c1-18-4-5-19(14-25(18)37-29(41)23-16-35-27-22(8-9-34-27)26(23)42-3)28(40)36-21-7-6-20(24(15-21)30(31,32)33)17-39-12-10-38(2)11-13-39/h4-9,14-16H,10-13,17H2,1-3H3,(H,34,35)(H,36,40)(H,37,41). The molecule has 0 aliphatic carbocycles. The number of carbonyl (C=O) groups excluding carboxylic acids is 2.